The van der Waals surface area contributed by atoms with Crippen LogP contribution in [0.2, 0.25) is 15.1 Å². The third-order valence-corrected chi connectivity index (χ3v) is 3.63. The Hall–Kier alpha value is -0.890. The van der Waals surface area contributed by atoms with E-state index >= 15 is 0 Å². The van der Waals surface area contributed by atoms with E-state index in [2.05, 4.69) is 12.2 Å². The molecule has 18 heavy (non-hydrogen) atoms. The summed E-state index contributed by atoms with van der Waals surface area (Å²) in [6, 6.07) is 13.4. The van der Waals surface area contributed by atoms with Gasteiger partial charge in [-0.2, -0.15) is 0 Å². The predicted molar refractivity (Wildman–Crippen MR) is 80.0 cm³/mol. The molecule has 1 unspecified atom stereocenters. The van der Waals surface area contributed by atoms with Crippen LogP contribution < -0.4 is 5.32 Å². The van der Waals surface area contributed by atoms with Crippen LogP contribution in [-0.4, -0.2) is 0 Å². The van der Waals surface area contributed by atoms with Gasteiger partial charge in [-0.25, -0.2) is 0 Å². The zero-order chi connectivity index (χ0) is 13.1. The van der Waals surface area contributed by atoms with Gasteiger partial charge in [0, 0.05) is 16.8 Å². The summed E-state index contributed by atoms with van der Waals surface area (Å²) in [5.41, 5.74) is 2.05. The Kier molecular flexibility index (Phi) is 4.39. The van der Waals surface area contributed by atoms with E-state index in [4.69, 9.17) is 34.8 Å². The predicted octanol–water partition coefficient (Wildman–Crippen LogP) is 5.82. The smallest absolute Gasteiger partial charge is 0.0612 e. The van der Waals surface area contributed by atoms with Crippen molar-refractivity contribution in [1.82, 2.24) is 0 Å². The van der Waals surface area contributed by atoms with Crippen LogP contribution >= 0.6 is 34.8 Å². The van der Waals surface area contributed by atoms with Gasteiger partial charge in [-0.3, -0.25) is 0 Å². The van der Waals surface area contributed by atoms with Crippen LogP contribution in [0.4, 0.5) is 5.69 Å². The van der Waals surface area contributed by atoms with Crippen LogP contribution in [0, 0.1) is 0 Å². The minimum atomic E-state index is 0.140. The van der Waals surface area contributed by atoms with Crippen molar-refractivity contribution in [3.63, 3.8) is 0 Å². The van der Waals surface area contributed by atoms with Gasteiger partial charge >= 0.3 is 0 Å². The average molecular weight is 301 g/mol. The van der Waals surface area contributed by atoms with Crippen LogP contribution in [0.25, 0.3) is 0 Å². The number of anilines is 1. The van der Waals surface area contributed by atoms with Crippen LogP contribution in [0.1, 0.15) is 18.5 Å². The zero-order valence-corrected chi connectivity index (χ0v) is 12.0. The second-order valence-electron chi connectivity index (χ2n) is 4.05. The number of rotatable bonds is 3. The van der Waals surface area contributed by atoms with Crippen molar-refractivity contribution in [3.05, 3.63) is 63.1 Å². The standard InChI is InChI=1S/C14H12Cl3N/c1-9(10-3-2-4-11(15)7-10)18-12-5-6-13(16)14(17)8-12/h2-9,18H,1H3. The summed E-state index contributed by atoms with van der Waals surface area (Å²) in [6.45, 7) is 2.06. The fourth-order valence-electron chi connectivity index (χ4n) is 1.70. The fourth-order valence-corrected chi connectivity index (χ4v) is 2.19. The summed E-state index contributed by atoms with van der Waals surface area (Å²) in [5, 5.41) is 5.18. The van der Waals surface area contributed by atoms with Crippen molar-refractivity contribution >= 4 is 40.5 Å². The van der Waals surface area contributed by atoms with Gasteiger partial charge in [0.1, 0.15) is 0 Å². The largest absolute Gasteiger partial charge is 0.378 e. The lowest BCUT2D eigenvalue weighted by atomic mass is 10.1. The molecule has 0 aromatic heterocycles. The molecule has 4 heteroatoms. The molecule has 1 atom stereocenters. The maximum atomic E-state index is 5.98. The maximum absolute atomic E-state index is 5.98. The molecular formula is C14H12Cl3N. The lowest BCUT2D eigenvalue weighted by molar-refractivity contribution is 0.885. The SMILES string of the molecule is CC(Nc1ccc(Cl)c(Cl)c1)c1cccc(Cl)c1. The molecule has 2 rings (SSSR count). The van der Waals surface area contributed by atoms with E-state index in [1.165, 1.54) is 0 Å². The fraction of sp³-hybridized carbons (Fsp3) is 0.143. The quantitative estimate of drug-likeness (QED) is 0.753. The zero-order valence-electron chi connectivity index (χ0n) is 9.75. The number of hydrogen-bond donors (Lipinski definition) is 1. The van der Waals surface area contributed by atoms with Gasteiger partial charge in [-0.05, 0) is 42.8 Å². The third kappa shape index (κ3) is 3.32. The molecule has 0 saturated carbocycles. The van der Waals surface area contributed by atoms with Gasteiger partial charge < -0.3 is 5.32 Å². The van der Waals surface area contributed by atoms with Gasteiger partial charge in [-0.1, -0.05) is 46.9 Å². The number of benzene rings is 2. The van der Waals surface area contributed by atoms with Gasteiger partial charge in [0.15, 0.2) is 0 Å². The highest BCUT2D eigenvalue weighted by atomic mass is 35.5. The molecule has 2 aromatic carbocycles. The van der Waals surface area contributed by atoms with Crippen LogP contribution in [0.15, 0.2) is 42.5 Å². The van der Waals surface area contributed by atoms with E-state index in [-0.39, 0.29) is 6.04 Å². The maximum Gasteiger partial charge on any atom is 0.0612 e. The highest BCUT2D eigenvalue weighted by Crippen LogP contribution is 2.27. The van der Waals surface area contributed by atoms with Crippen molar-refractivity contribution in [2.75, 3.05) is 5.32 Å². The Morgan fingerprint density at radius 3 is 2.39 bits per heavy atom. The van der Waals surface area contributed by atoms with E-state index in [0.29, 0.717) is 10.0 Å². The summed E-state index contributed by atoms with van der Waals surface area (Å²) in [5.74, 6) is 0. The lowest BCUT2D eigenvalue weighted by Gasteiger charge is -2.16. The lowest BCUT2D eigenvalue weighted by Crippen LogP contribution is -2.06. The van der Waals surface area contributed by atoms with E-state index in [1.807, 2.05) is 36.4 Å². The minimum absolute atomic E-state index is 0.140. The number of nitrogens with one attached hydrogen (secondary N) is 1. The van der Waals surface area contributed by atoms with Crippen molar-refractivity contribution in [2.45, 2.75) is 13.0 Å². The minimum Gasteiger partial charge on any atom is -0.378 e. The summed E-state index contributed by atoms with van der Waals surface area (Å²) in [7, 11) is 0. The molecule has 1 nitrogen and oxygen atoms in total. The molecule has 0 amide bonds. The molecule has 0 aliphatic carbocycles. The molecule has 94 valence electrons. The first-order valence-corrected chi connectivity index (χ1v) is 6.66. The third-order valence-electron chi connectivity index (χ3n) is 2.65. The van der Waals surface area contributed by atoms with E-state index in [0.717, 1.165) is 16.3 Å². The van der Waals surface area contributed by atoms with Gasteiger partial charge in [0.25, 0.3) is 0 Å². The highest BCUT2D eigenvalue weighted by molar-refractivity contribution is 6.42. The molecule has 0 aliphatic heterocycles. The Balaban J connectivity index is 2.16. The van der Waals surface area contributed by atoms with Crippen LogP contribution in [-0.2, 0) is 0 Å². The van der Waals surface area contributed by atoms with E-state index in [1.54, 1.807) is 6.07 Å². The van der Waals surface area contributed by atoms with Crippen LogP contribution in [0.3, 0.4) is 0 Å². The molecule has 2 aromatic rings. The molecule has 0 bridgehead atoms. The van der Waals surface area contributed by atoms with Gasteiger partial charge in [-0.15, -0.1) is 0 Å². The van der Waals surface area contributed by atoms with Crippen molar-refractivity contribution in [2.24, 2.45) is 0 Å². The Labute approximate surface area is 122 Å². The highest BCUT2D eigenvalue weighted by Gasteiger charge is 2.07. The molecular weight excluding hydrogens is 289 g/mol. The topological polar surface area (TPSA) is 12.0 Å². The summed E-state index contributed by atoms with van der Waals surface area (Å²) in [6.07, 6.45) is 0. The van der Waals surface area contributed by atoms with Gasteiger partial charge in [0.2, 0.25) is 0 Å². The van der Waals surface area contributed by atoms with Crippen molar-refractivity contribution in [1.29, 1.82) is 0 Å². The normalized spacial score (nSPS) is 12.2. The summed E-state index contributed by atoms with van der Waals surface area (Å²) in [4.78, 5) is 0. The molecule has 0 radical (unpaired) electrons. The number of halogens is 3. The molecule has 0 heterocycles. The first kappa shape index (κ1) is 13.5. The second-order valence-corrected chi connectivity index (χ2v) is 5.30. The Morgan fingerprint density at radius 1 is 0.944 bits per heavy atom. The Morgan fingerprint density at radius 2 is 1.72 bits per heavy atom. The summed E-state index contributed by atoms with van der Waals surface area (Å²) >= 11 is 17.8. The molecule has 0 aliphatic rings. The Bertz CT molecular complexity index is 554. The van der Waals surface area contributed by atoms with Crippen molar-refractivity contribution in [3.8, 4) is 0 Å². The molecule has 0 spiro atoms. The molecule has 1 N–H and O–H groups in total. The van der Waals surface area contributed by atoms with E-state index < -0.39 is 0 Å². The van der Waals surface area contributed by atoms with Gasteiger partial charge in [0.05, 0.1) is 10.0 Å². The first-order chi connectivity index (χ1) is 8.56. The van der Waals surface area contributed by atoms with Crippen molar-refractivity contribution < 1.29 is 0 Å². The second kappa shape index (κ2) is 5.83. The molecule has 0 saturated heterocycles. The van der Waals surface area contributed by atoms with E-state index in [9.17, 15) is 0 Å². The number of hydrogen-bond acceptors (Lipinski definition) is 1. The monoisotopic (exact) mass is 299 g/mol. The first-order valence-electron chi connectivity index (χ1n) is 5.53. The van der Waals surface area contributed by atoms with Crippen LogP contribution in [0.5, 0.6) is 0 Å². The molecule has 0 fully saturated rings. The average Bonchev–Trinajstić information content (AvgIpc) is 2.34. The summed E-state index contributed by atoms with van der Waals surface area (Å²) < 4.78 is 0.